The first-order valence-electron chi connectivity index (χ1n) is 4.31. The van der Waals surface area contributed by atoms with Crippen LogP contribution in [0.15, 0.2) is 41.1 Å². The molecule has 1 aromatic heterocycles. The Morgan fingerprint density at radius 2 is 1.93 bits per heavy atom. The number of halogens is 2. The van der Waals surface area contributed by atoms with Crippen molar-refractivity contribution in [3.05, 3.63) is 58.0 Å². The number of thiophene rings is 1. The van der Waals surface area contributed by atoms with Crippen LogP contribution >= 0.6 is 23.7 Å². The molecular weight excluding hydrogens is 233 g/mol. The van der Waals surface area contributed by atoms with Crippen molar-refractivity contribution in [2.75, 3.05) is 0 Å². The predicted molar refractivity (Wildman–Crippen MR) is 64.0 cm³/mol. The third-order valence-electron chi connectivity index (χ3n) is 2.14. The Balaban J connectivity index is 0.00000112. The van der Waals surface area contributed by atoms with Gasteiger partial charge in [-0.25, -0.2) is 4.39 Å². The van der Waals surface area contributed by atoms with Crippen LogP contribution in [0, 0.1) is 5.82 Å². The molecule has 0 fully saturated rings. The first-order chi connectivity index (χ1) is 6.79. The van der Waals surface area contributed by atoms with Crippen LogP contribution < -0.4 is 5.73 Å². The Morgan fingerprint density at radius 3 is 2.53 bits per heavy atom. The largest absolute Gasteiger partial charge is 0.320 e. The van der Waals surface area contributed by atoms with Gasteiger partial charge in [0.05, 0.1) is 6.04 Å². The molecule has 2 rings (SSSR count). The van der Waals surface area contributed by atoms with Crippen LogP contribution in [0.5, 0.6) is 0 Å². The Kier molecular flexibility index (Phi) is 4.27. The molecule has 1 nitrogen and oxygen atoms in total. The van der Waals surface area contributed by atoms with E-state index in [0.29, 0.717) is 5.56 Å². The summed E-state index contributed by atoms with van der Waals surface area (Å²) in [5, 5.41) is 3.88. The van der Waals surface area contributed by atoms with Crippen LogP contribution in [-0.2, 0) is 0 Å². The molecule has 2 aromatic rings. The average Bonchev–Trinajstić information content (AvgIpc) is 2.70. The van der Waals surface area contributed by atoms with Gasteiger partial charge in [0, 0.05) is 5.56 Å². The van der Waals surface area contributed by atoms with Crippen molar-refractivity contribution in [1.82, 2.24) is 0 Å². The molecule has 1 aromatic carbocycles. The lowest BCUT2D eigenvalue weighted by molar-refractivity contribution is 0.600. The predicted octanol–water partition coefficient (Wildman–Crippen LogP) is 3.36. The summed E-state index contributed by atoms with van der Waals surface area (Å²) < 4.78 is 13.4. The highest BCUT2D eigenvalue weighted by Crippen LogP contribution is 2.23. The van der Waals surface area contributed by atoms with Crippen molar-refractivity contribution in [3.63, 3.8) is 0 Å². The lowest BCUT2D eigenvalue weighted by atomic mass is 10.0. The van der Waals surface area contributed by atoms with E-state index in [9.17, 15) is 4.39 Å². The van der Waals surface area contributed by atoms with Crippen LogP contribution in [0.4, 0.5) is 4.39 Å². The van der Waals surface area contributed by atoms with E-state index in [1.165, 1.54) is 6.07 Å². The Morgan fingerprint density at radius 1 is 1.20 bits per heavy atom. The molecule has 4 heteroatoms. The highest BCUT2D eigenvalue weighted by molar-refractivity contribution is 7.08. The molecule has 2 N–H and O–H groups in total. The highest BCUT2D eigenvalue weighted by atomic mass is 35.5. The summed E-state index contributed by atoms with van der Waals surface area (Å²) in [6.07, 6.45) is 0. The van der Waals surface area contributed by atoms with Gasteiger partial charge in [-0.1, -0.05) is 18.2 Å². The third kappa shape index (κ3) is 2.56. The van der Waals surface area contributed by atoms with Gasteiger partial charge >= 0.3 is 0 Å². The van der Waals surface area contributed by atoms with Crippen LogP contribution in [0.25, 0.3) is 0 Å². The molecule has 0 bridgehead atoms. The molecular formula is C11H11ClFNS. The summed E-state index contributed by atoms with van der Waals surface area (Å²) in [5.41, 5.74) is 7.43. The fraction of sp³-hybridized carbons (Fsp3) is 0.0909. The van der Waals surface area contributed by atoms with Crippen LogP contribution in [-0.4, -0.2) is 0 Å². The van der Waals surface area contributed by atoms with Gasteiger partial charge in [-0.15, -0.1) is 12.4 Å². The minimum atomic E-state index is -0.359. The van der Waals surface area contributed by atoms with Gasteiger partial charge in [-0.3, -0.25) is 0 Å². The quantitative estimate of drug-likeness (QED) is 0.860. The fourth-order valence-corrected chi connectivity index (χ4v) is 2.06. The normalized spacial score (nSPS) is 11.9. The molecule has 80 valence electrons. The summed E-state index contributed by atoms with van der Waals surface area (Å²) in [5.74, 6) is -0.244. The number of benzene rings is 1. The molecule has 15 heavy (non-hydrogen) atoms. The van der Waals surface area contributed by atoms with Crippen molar-refractivity contribution in [2.45, 2.75) is 6.04 Å². The lowest BCUT2D eigenvalue weighted by Crippen LogP contribution is -2.12. The second kappa shape index (κ2) is 5.26. The van der Waals surface area contributed by atoms with Gasteiger partial charge < -0.3 is 5.73 Å². The zero-order chi connectivity index (χ0) is 9.97. The lowest BCUT2D eigenvalue weighted by Gasteiger charge is -2.10. The van der Waals surface area contributed by atoms with E-state index in [2.05, 4.69) is 0 Å². The topological polar surface area (TPSA) is 26.0 Å². The van der Waals surface area contributed by atoms with E-state index < -0.39 is 0 Å². The van der Waals surface area contributed by atoms with E-state index in [1.54, 1.807) is 29.5 Å². The summed E-state index contributed by atoms with van der Waals surface area (Å²) in [4.78, 5) is 0. The molecule has 0 spiro atoms. The van der Waals surface area contributed by atoms with Gasteiger partial charge in [-0.05, 0) is 28.5 Å². The molecule has 0 aliphatic heterocycles. The smallest absolute Gasteiger partial charge is 0.128 e. The molecule has 0 radical (unpaired) electrons. The Labute approximate surface area is 98.2 Å². The summed E-state index contributed by atoms with van der Waals surface area (Å²) >= 11 is 1.57. The maximum Gasteiger partial charge on any atom is 0.128 e. The van der Waals surface area contributed by atoms with Crippen LogP contribution in [0.2, 0.25) is 0 Å². The minimum Gasteiger partial charge on any atom is -0.320 e. The highest BCUT2D eigenvalue weighted by Gasteiger charge is 2.12. The van der Waals surface area contributed by atoms with Gasteiger partial charge in [-0.2, -0.15) is 11.3 Å². The van der Waals surface area contributed by atoms with E-state index in [4.69, 9.17) is 5.73 Å². The van der Waals surface area contributed by atoms with E-state index >= 15 is 0 Å². The van der Waals surface area contributed by atoms with Crippen molar-refractivity contribution in [2.24, 2.45) is 5.73 Å². The van der Waals surface area contributed by atoms with Crippen molar-refractivity contribution in [3.8, 4) is 0 Å². The maximum atomic E-state index is 13.4. The van der Waals surface area contributed by atoms with Gasteiger partial charge in [0.2, 0.25) is 0 Å². The summed E-state index contributed by atoms with van der Waals surface area (Å²) in [6.45, 7) is 0. The molecule has 1 heterocycles. The van der Waals surface area contributed by atoms with E-state index in [-0.39, 0.29) is 24.3 Å². The minimum absolute atomic E-state index is 0. The Hall–Kier alpha value is -0.900. The second-order valence-corrected chi connectivity index (χ2v) is 3.84. The molecule has 0 saturated heterocycles. The van der Waals surface area contributed by atoms with Crippen molar-refractivity contribution < 1.29 is 4.39 Å². The average molecular weight is 244 g/mol. The molecule has 0 aliphatic rings. The van der Waals surface area contributed by atoms with Gasteiger partial charge in [0.1, 0.15) is 5.82 Å². The van der Waals surface area contributed by atoms with E-state index in [0.717, 1.165) is 5.56 Å². The first kappa shape index (κ1) is 12.2. The van der Waals surface area contributed by atoms with Crippen LogP contribution in [0.1, 0.15) is 17.2 Å². The van der Waals surface area contributed by atoms with Crippen molar-refractivity contribution >= 4 is 23.7 Å². The van der Waals surface area contributed by atoms with E-state index in [1.807, 2.05) is 16.8 Å². The Bertz CT molecular complexity index is 416. The molecule has 1 atom stereocenters. The summed E-state index contributed by atoms with van der Waals surface area (Å²) in [7, 11) is 0. The fourth-order valence-electron chi connectivity index (χ4n) is 1.36. The maximum absolute atomic E-state index is 13.4. The summed E-state index contributed by atoms with van der Waals surface area (Å²) in [6, 6.07) is 8.17. The third-order valence-corrected chi connectivity index (χ3v) is 2.84. The molecule has 0 amide bonds. The first-order valence-corrected chi connectivity index (χ1v) is 5.25. The monoisotopic (exact) mass is 243 g/mol. The van der Waals surface area contributed by atoms with Crippen molar-refractivity contribution in [1.29, 1.82) is 0 Å². The molecule has 0 unspecified atom stereocenters. The van der Waals surface area contributed by atoms with Gasteiger partial charge in [0.15, 0.2) is 0 Å². The SMILES string of the molecule is Cl.N[C@@H](c1ccsc1)c1ccccc1F. The van der Waals surface area contributed by atoms with Crippen LogP contribution in [0.3, 0.4) is 0 Å². The standard InChI is InChI=1S/C11H10FNS.ClH/c12-10-4-2-1-3-9(10)11(13)8-5-6-14-7-8;/h1-7,11H,13H2;1H/t11-;/m0./s1. The zero-order valence-electron chi connectivity index (χ0n) is 7.89. The zero-order valence-corrected chi connectivity index (χ0v) is 9.52. The number of nitrogens with two attached hydrogens (primary N) is 1. The number of hydrogen-bond acceptors (Lipinski definition) is 2. The number of hydrogen-bond donors (Lipinski definition) is 1. The number of rotatable bonds is 2. The molecule has 0 aliphatic carbocycles. The van der Waals surface area contributed by atoms with Gasteiger partial charge in [0.25, 0.3) is 0 Å². The second-order valence-electron chi connectivity index (χ2n) is 3.06. The molecule has 0 saturated carbocycles.